The SMILES string of the molecule is CC(=O)C=NNc1ccccn1. The number of aromatic nitrogens is 1. The fraction of sp³-hybridized carbons (Fsp3) is 0.125. The largest absolute Gasteiger partial charge is 0.293 e. The highest BCUT2D eigenvalue weighted by Gasteiger charge is 1.86. The van der Waals surface area contributed by atoms with Gasteiger partial charge in [0.25, 0.3) is 0 Å². The van der Waals surface area contributed by atoms with Crippen LogP contribution in [-0.4, -0.2) is 17.0 Å². The van der Waals surface area contributed by atoms with E-state index in [9.17, 15) is 4.79 Å². The predicted molar refractivity (Wildman–Crippen MR) is 47.0 cm³/mol. The molecule has 0 aliphatic carbocycles. The van der Waals surface area contributed by atoms with Gasteiger partial charge in [-0.15, -0.1) is 0 Å². The second-order valence-corrected chi connectivity index (χ2v) is 2.20. The summed E-state index contributed by atoms with van der Waals surface area (Å²) in [6.07, 6.45) is 2.85. The Hall–Kier alpha value is -1.71. The van der Waals surface area contributed by atoms with E-state index in [0.717, 1.165) is 0 Å². The molecule has 1 aromatic heterocycles. The van der Waals surface area contributed by atoms with Crippen LogP contribution >= 0.6 is 0 Å². The highest BCUT2D eigenvalue weighted by atomic mass is 16.1. The minimum atomic E-state index is -0.0987. The van der Waals surface area contributed by atoms with Crippen LogP contribution in [0.3, 0.4) is 0 Å². The van der Waals surface area contributed by atoms with Crippen molar-refractivity contribution in [2.75, 3.05) is 5.43 Å². The summed E-state index contributed by atoms with van der Waals surface area (Å²) in [7, 11) is 0. The number of hydrazone groups is 1. The van der Waals surface area contributed by atoms with Crippen LogP contribution in [0.25, 0.3) is 0 Å². The zero-order valence-electron chi connectivity index (χ0n) is 6.69. The molecule has 1 N–H and O–H groups in total. The summed E-state index contributed by atoms with van der Waals surface area (Å²) >= 11 is 0. The first-order chi connectivity index (χ1) is 5.79. The third-order valence-electron chi connectivity index (χ3n) is 1.09. The van der Waals surface area contributed by atoms with Crippen LogP contribution in [0.4, 0.5) is 5.82 Å². The summed E-state index contributed by atoms with van der Waals surface area (Å²) in [5, 5.41) is 3.65. The lowest BCUT2D eigenvalue weighted by atomic mass is 10.5. The maximum absolute atomic E-state index is 10.4. The molecule has 1 aromatic rings. The van der Waals surface area contributed by atoms with Crippen molar-refractivity contribution in [1.29, 1.82) is 0 Å². The highest BCUT2D eigenvalue weighted by Crippen LogP contribution is 1.97. The zero-order valence-corrected chi connectivity index (χ0v) is 6.69. The van der Waals surface area contributed by atoms with Crippen LogP contribution in [0.2, 0.25) is 0 Å². The average molecular weight is 163 g/mol. The van der Waals surface area contributed by atoms with Gasteiger partial charge in [0, 0.05) is 13.1 Å². The van der Waals surface area contributed by atoms with Crippen molar-refractivity contribution in [3.8, 4) is 0 Å². The van der Waals surface area contributed by atoms with E-state index in [1.54, 1.807) is 18.3 Å². The Morgan fingerprint density at radius 2 is 2.50 bits per heavy atom. The van der Waals surface area contributed by atoms with Gasteiger partial charge in [0.1, 0.15) is 5.82 Å². The molecule has 0 atom stereocenters. The third-order valence-corrected chi connectivity index (χ3v) is 1.09. The molecule has 1 rings (SSSR count). The second-order valence-electron chi connectivity index (χ2n) is 2.20. The summed E-state index contributed by atoms with van der Waals surface area (Å²) in [6.45, 7) is 1.43. The van der Waals surface area contributed by atoms with Crippen molar-refractivity contribution in [1.82, 2.24) is 4.98 Å². The lowest BCUT2D eigenvalue weighted by Crippen LogP contribution is -1.96. The molecule has 0 aromatic carbocycles. The smallest absolute Gasteiger partial charge is 0.172 e. The zero-order chi connectivity index (χ0) is 8.81. The third kappa shape index (κ3) is 2.92. The fourth-order valence-corrected chi connectivity index (χ4v) is 0.618. The Labute approximate surface area is 70.3 Å². The van der Waals surface area contributed by atoms with Crippen LogP contribution in [0.1, 0.15) is 6.92 Å². The predicted octanol–water partition coefficient (Wildman–Crippen LogP) is 1.07. The number of hydrogen-bond acceptors (Lipinski definition) is 4. The molecule has 4 nitrogen and oxygen atoms in total. The Morgan fingerprint density at radius 3 is 3.08 bits per heavy atom. The number of rotatable bonds is 3. The lowest BCUT2D eigenvalue weighted by molar-refractivity contribution is -0.110. The Balaban J connectivity index is 2.49. The number of nitrogens with one attached hydrogen (secondary N) is 1. The average Bonchev–Trinajstić information content (AvgIpc) is 2.05. The van der Waals surface area contributed by atoms with Crippen LogP contribution in [-0.2, 0) is 4.79 Å². The normalized spacial score (nSPS) is 10.1. The Bertz CT molecular complexity index is 282. The molecule has 12 heavy (non-hydrogen) atoms. The minimum Gasteiger partial charge on any atom is -0.293 e. The van der Waals surface area contributed by atoms with Gasteiger partial charge in [-0.25, -0.2) is 4.98 Å². The van der Waals surface area contributed by atoms with E-state index in [4.69, 9.17) is 0 Å². The van der Waals surface area contributed by atoms with E-state index >= 15 is 0 Å². The van der Waals surface area contributed by atoms with Gasteiger partial charge in [0.15, 0.2) is 5.78 Å². The van der Waals surface area contributed by atoms with Crippen LogP contribution in [0, 0.1) is 0 Å². The number of carbonyl (C=O) groups is 1. The molecule has 0 unspecified atom stereocenters. The van der Waals surface area contributed by atoms with Crippen molar-refractivity contribution >= 4 is 17.8 Å². The molecule has 0 saturated heterocycles. The van der Waals surface area contributed by atoms with E-state index < -0.39 is 0 Å². The highest BCUT2D eigenvalue weighted by molar-refractivity contribution is 6.26. The van der Waals surface area contributed by atoms with Crippen LogP contribution < -0.4 is 5.43 Å². The molecular formula is C8H9N3O. The first-order valence-electron chi connectivity index (χ1n) is 3.50. The van der Waals surface area contributed by atoms with E-state index in [1.165, 1.54) is 13.1 Å². The lowest BCUT2D eigenvalue weighted by Gasteiger charge is -1.95. The number of carbonyl (C=O) groups excluding carboxylic acids is 1. The molecule has 0 amide bonds. The monoisotopic (exact) mass is 163 g/mol. The van der Waals surface area contributed by atoms with Crippen molar-refractivity contribution < 1.29 is 4.79 Å². The molecule has 4 heteroatoms. The summed E-state index contributed by atoms with van der Waals surface area (Å²) in [6, 6.07) is 5.40. The summed E-state index contributed by atoms with van der Waals surface area (Å²) in [5.74, 6) is 0.522. The number of ketones is 1. The number of pyridine rings is 1. The quantitative estimate of drug-likeness (QED) is 0.535. The van der Waals surface area contributed by atoms with Crippen molar-refractivity contribution in [3.05, 3.63) is 24.4 Å². The summed E-state index contributed by atoms with van der Waals surface area (Å²) in [5.41, 5.74) is 2.61. The molecular weight excluding hydrogens is 154 g/mol. The maximum Gasteiger partial charge on any atom is 0.172 e. The first-order valence-corrected chi connectivity index (χ1v) is 3.50. The van der Waals surface area contributed by atoms with Crippen molar-refractivity contribution in [2.24, 2.45) is 5.10 Å². The molecule has 0 aliphatic heterocycles. The number of nitrogens with zero attached hydrogens (tertiary/aromatic N) is 2. The van der Waals surface area contributed by atoms with E-state index in [2.05, 4.69) is 15.5 Å². The van der Waals surface area contributed by atoms with Crippen LogP contribution in [0.15, 0.2) is 29.5 Å². The van der Waals surface area contributed by atoms with Crippen LogP contribution in [0.5, 0.6) is 0 Å². The van der Waals surface area contributed by atoms with Gasteiger partial charge in [-0.1, -0.05) is 6.07 Å². The number of anilines is 1. The Morgan fingerprint density at radius 1 is 1.67 bits per heavy atom. The molecule has 0 radical (unpaired) electrons. The van der Waals surface area contributed by atoms with Gasteiger partial charge in [-0.2, -0.15) is 5.10 Å². The first kappa shape index (κ1) is 8.39. The Kier molecular flexibility index (Phi) is 2.95. The summed E-state index contributed by atoms with van der Waals surface area (Å²) in [4.78, 5) is 14.4. The fourth-order valence-electron chi connectivity index (χ4n) is 0.618. The van der Waals surface area contributed by atoms with Gasteiger partial charge in [-0.3, -0.25) is 10.2 Å². The number of hydrogen-bond donors (Lipinski definition) is 1. The summed E-state index contributed by atoms with van der Waals surface area (Å²) < 4.78 is 0. The maximum atomic E-state index is 10.4. The van der Waals surface area contributed by atoms with Gasteiger partial charge in [0.2, 0.25) is 0 Å². The van der Waals surface area contributed by atoms with Gasteiger partial charge < -0.3 is 0 Å². The molecule has 0 spiro atoms. The molecule has 62 valence electrons. The molecule has 0 bridgehead atoms. The van der Waals surface area contributed by atoms with Gasteiger partial charge in [0.05, 0.1) is 6.21 Å². The second kappa shape index (κ2) is 4.23. The van der Waals surface area contributed by atoms with Crippen molar-refractivity contribution in [3.63, 3.8) is 0 Å². The molecule has 0 aliphatic rings. The van der Waals surface area contributed by atoms with Gasteiger partial charge in [-0.05, 0) is 12.1 Å². The van der Waals surface area contributed by atoms with Crippen molar-refractivity contribution in [2.45, 2.75) is 6.92 Å². The van der Waals surface area contributed by atoms with E-state index in [-0.39, 0.29) is 5.78 Å². The van der Waals surface area contributed by atoms with E-state index in [0.29, 0.717) is 5.82 Å². The standard InChI is InChI=1S/C8H9N3O/c1-7(12)6-10-11-8-4-2-3-5-9-8/h2-6H,1H3,(H,9,11). The van der Waals surface area contributed by atoms with Gasteiger partial charge >= 0.3 is 0 Å². The van der Waals surface area contributed by atoms with E-state index in [1.807, 2.05) is 6.07 Å². The number of Topliss-reactive ketones (excluding diaryl/α,β-unsaturated/α-hetero) is 1. The minimum absolute atomic E-state index is 0.0987. The molecule has 1 heterocycles. The molecule has 0 saturated carbocycles. The topological polar surface area (TPSA) is 54.4 Å². The molecule has 0 fully saturated rings.